The minimum atomic E-state index is -0.0456. The lowest BCUT2D eigenvalue weighted by atomic mass is 9.96. The number of fused-ring (bicyclic) bond motifs is 1. The summed E-state index contributed by atoms with van der Waals surface area (Å²) in [6.45, 7) is 0.577. The minimum Gasteiger partial charge on any atom is -0.493 e. The smallest absolute Gasteiger partial charge is 0.251 e. The van der Waals surface area contributed by atoms with Gasteiger partial charge >= 0.3 is 0 Å². The highest BCUT2D eigenvalue weighted by Gasteiger charge is 2.28. The van der Waals surface area contributed by atoms with Gasteiger partial charge in [-0.3, -0.25) is 4.79 Å². The maximum atomic E-state index is 11.8. The number of hydrogen-bond donors (Lipinski definition) is 1. The van der Waals surface area contributed by atoms with Gasteiger partial charge in [-0.05, 0) is 30.9 Å². The van der Waals surface area contributed by atoms with Gasteiger partial charge in [0.25, 0.3) is 5.56 Å². The molecule has 102 valence electrons. The maximum Gasteiger partial charge on any atom is 0.251 e. The third kappa shape index (κ3) is 2.11. The van der Waals surface area contributed by atoms with Crippen LogP contribution in [0.4, 0.5) is 0 Å². The van der Waals surface area contributed by atoms with Gasteiger partial charge in [-0.25, -0.2) is 4.98 Å². The summed E-state index contributed by atoms with van der Waals surface area (Å²) in [5.41, 5.74) is 2.08. The summed E-state index contributed by atoms with van der Waals surface area (Å²) < 4.78 is 5.78. The number of aromatic amines is 1. The topological polar surface area (TPSA) is 55.0 Å². The van der Waals surface area contributed by atoms with Crippen molar-refractivity contribution >= 4 is 0 Å². The average molecular weight is 268 g/mol. The van der Waals surface area contributed by atoms with Crippen molar-refractivity contribution in [1.29, 1.82) is 0 Å². The fourth-order valence-corrected chi connectivity index (χ4v) is 2.78. The Hall–Kier alpha value is -2.10. The third-order valence-electron chi connectivity index (χ3n) is 4.04. The Morgan fingerprint density at radius 2 is 2.05 bits per heavy atom. The van der Waals surface area contributed by atoms with Crippen molar-refractivity contribution in [3.05, 3.63) is 57.8 Å². The Balaban J connectivity index is 1.67. The van der Waals surface area contributed by atoms with Crippen LogP contribution < -0.4 is 10.3 Å². The van der Waals surface area contributed by atoms with Crippen LogP contribution in [0.5, 0.6) is 5.75 Å². The van der Waals surface area contributed by atoms with Crippen LogP contribution in [0, 0.1) is 0 Å². The van der Waals surface area contributed by atoms with Crippen molar-refractivity contribution in [2.75, 3.05) is 6.61 Å². The summed E-state index contributed by atoms with van der Waals surface area (Å²) in [6.07, 6.45) is 3.17. The van der Waals surface area contributed by atoms with Crippen molar-refractivity contribution < 1.29 is 4.74 Å². The molecule has 0 amide bonds. The first-order valence-electron chi connectivity index (χ1n) is 7.11. The molecule has 1 N–H and O–H groups in total. The van der Waals surface area contributed by atoms with Gasteiger partial charge in [0, 0.05) is 12.0 Å². The number of nitrogens with one attached hydrogen (secondary N) is 1. The molecule has 0 saturated heterocycles. The van der Waals surface area contributed by atoms with E-state index < -0.39 is 0 Å². The molecule has 0 radical (unpaired) electrons. The molecule has 20 heavy (non-hydrogen) atoms. The SMILES string of the molecule is O=c1cc(C2CC2)nc(C2COc3ccccc3C2)[nH]1. The first kappa shape index (κ1) is 11.7. The molecule has 4 heteroatoms. The van der Waals surface area contributed by atoms with Crippen LogP contribution in [-0.4, -0.2) is 16.6 Å². The van der Waals surface area contributed by atoms with Crippen molar-refractivity contribution in [2.45, 2.75) is 31.1 Å². The second kappa shape index (κ2) is 4.47. The molecule has 1 fully saturated rings. The summed E-state index contributed by atoms with van der Waals surface area (Å²) in [5, 5.41) is 0. The summed E-state index contributed by atoms with van der Waals surface area (Å²) >= 11 is 0. The Morgan fingerprint density at radius 3 is 2.90 bits per heavy atom. The predicted octanol–water partition coefficient (Wildman–Crippen LogP) is 2.37. The van der Waals surface area contributed by atoms with Crippen LogP contribution >= 0.6 is 0 Å². The quantitative estimate of drug-likeness (QED) is 0.909. The van der Waals surface area contributed by atoms with Crippen LogP contribution in [-0.2, 0) is 6.42 Å². The highest BCUT2D eigenvalue weighted by atomic mass is 16.5. The van der Waals surface area contributed by atoms with E-state index in [4.69, 9.17) is 4.74 Å². The van der Waals surface area contributed by atoms with E-state index in [1.54, 1.807) is 6.07 Å². The van der Waals surface area contributed by atoms with Gasteiger partial charge in [-0.1, -0.05) is 18.2 Å². The lowest BCUT2D eigenvalue weighted by Gasteiger charge is -2.24. The molecule has 1 aromatic carbocycles. The monoisotopic (exact) mass is 268 g/mol. The molecule has 1 aliphatic carbocycles. The standard InChI is InChI=1S/C16H16N2O2/c19-15-8-13(10-5-6-10)17-16(18-15)12-7-11-3-1-2-4-14(11)20-9-12/h1-4,8,10,12H,5-7,9H2,(H,17,18,19). The maximum absolute atomic E-state index is 11.8. The number of aromatic nitrogens is 2. The van der Waals surface area contributed by atoms with E-state index in [0.29, 0.717) is 12.5 Å². The van der Waals surface area contributed by atoms with E-state index >= 15 is 0 Å². The fraction of sp³-hybridized carbons (Fsp3) is 0.375. The van der Waals surface area contributed by atoms with Crippen LogP contribution in [0.1, 0.15) is 41.8 Å². The molecule has 2 aromatic rings. The highest BCUT2D eigenvalue weighted by Crippen LogP contribution is 2.39. The number of hydrogen-bond acceptors (Lipinski definition) is 3. The van der Waals surface area contributed by atoms with Crippen LogP contribution in [0.2, 0.25) is 0 Å². The van der Waals surface area contributed by atoms with Crippen LogP contribution in [0.3, 0.4) is 0 Å². The summed E-state index contributed by atoms with van der Waals surface area (Å²) in [5.74, 6) is 2.35. The van der Waals surface area contributed by atoms with Gasteiger partial charge < -0.3 is 9.72 Å². The normalized spacial score (nSPS) is 21.1. The van der Waals surface area contributed by atoms with E-state index in [1.807, 2.05) is 18.2 Å². The van der Waals surface area contributed by atoms with E-state index in [1.165, 1.54) is 5.56 Å². The van der Waals surface area contributed by atoms with Gasteiger partial charge in [0.05, 0.1) is 18.2 Å². The number of rotatable bonds is 2. The largest absolute Gasteiger partial charge is 0.493 e. The first-order valence-corrected chi connectivity index (χ1v) is 7.11. The Labute approximate surface area is 116 Å². The molecule has 1 saturated carbocycles. The van der Waals surface area contributed by atoms with Crippen molar-refractivity contribution in [1.82, 2.24) is 9.97 Å². The van der Waals surface area contributed by atoms with Gasteiger partial charge in [-0.15, -0.1) is 0 Å². The Kier molecular flexibility index (Phi) is 2.62. The molecular formula is C16H16N2O2. The third-order valence-corrected chi connectivity index (χ3v) is 4.04. The average Bonchev–Trinajstić information content (AvgIpc) is 3.31. The van der Waals surface area contributed by atoms with Gasteiger partial charge in [0.15, 0.2) is 0 Å². The molecule has 4 nitrogen and oxygen atoms in total. The molecular weight excluding hydrogens is 252 g/mol. The van der Waals surface area contributed by atoms with Crippen molar-refractivity contribution in [2.24, 2.45) is 0 Å². The molecule has 1 aliphatic heterocycles. The highest BCUT2D eigenvalue weighted by molar-refractivity contribution is 5.36. The number of benzene rings is 1. The number of para-hydroxylation sites is 1. The molecule has 2 heterocycles. The Bertz CT molecular complexity index is 704. The summed E-state index contributed by atoms with van der Waals surface area (Å²) in [6, 6.07) is 9.69. The Morgan fingerprint density at radius 1 is 1.20 bits per heavy atom. The van der Waals surface area contributed by atoms with E-state index in [2.05, 4.69) is 16.0 Å². The minimum absolute atomic E-state index is 0.0456. The molecule has 1 aromatic heterocycles. The van der Waals surface area contributed by atoms with E-state index in [9.17, 15) is 4.79 Å². The van der Waals surface area contributed by atoms with E-state index in [0.717, 1.165) is 36.5 Å². The van der Waals surface area contributed by atoms with Crippen molar-refractivity contribution in [3.8, 4) is 5.75 Å². The van der Waals surface area contributed by atoms with Gasteiger partial charge in [0.1, 0.15) is 11.6 Å². The predicted molar refractivity (Wildman–Crippen MR) is 75.2 cm³/mol. The zero-order chi connectivity index (χ0) is 13.5. The second-order valence-electron chi connectivity index (χ2n) is 5.65. The molecule has 2 aliphatic rings. The first-order chi connectivity index (χ1) is 9.79. The number of H-pyrrole nitrogens is 1. The zero-order valence-corrected chi connectivity index (χ0v) is 11.1. The molecule has 0 bridgehead atoms. The fourth-order valence-electron chi connectivity index (χ4n) is 2.78. The lowest BCUT2D eigenvalue weighted by Crippen LogP contribution is -2.24. The molecule has 1 atom stereocenters. The van der Waals surface area contributed by atoms with Crippen LogP contribution in [0.15, 0.2) is 35.1 Å². The number of ether oxygens (including phenoxy) is 1. The lowest BCUT2D eigenvalue weighted by molar-refractivity contribution is 0.257. The van der Waals surface area contributed by atoms with Crippen LogP contribution in [0.25, 0.3) is 0 Å². The van der Waals surface area contributed by atoms with Crippen molar-refractivity contribution in [3.63, 3.8) is 0 Å². The zero-order valence-electron chi connectivity index (χ0n) is 11.1. The summed E-state index contributed by atoms with van der Waals surface area (Å²) in [4.78, 5) is 19.3. The number of nitrogens with zero attached hydrogens (tertiary/aromatic N) is 1. The second-order valence-corrected chi connectivity index (χ2v) is 5.65. The van der Waals surface area contributed by atoms with Gasteiger partial charge in [0.2, 0.25) is 0 Å². The van der Waals surface area contributed by atoms with E-state index in [-0.39, 0.29) is 11.5 Å². The van der Waals surface area contributed by atoms with Gasteiger partial charge in [-0.2, -0.15) is 0 Å². The summed E-state index contributed by atoms with van der Waals surface area (Å²) in [7, 11) is 0. The molecule has 4 rings (SSSR count). The molecule has 1 unspecified atom stereocenters. The molecule has 0 spiro atoms.